The van der Waals surface area contributed by atoms with Gasteiger partial charge in [-0.25, -0.2) is 0 Å². The number of carbonyl (C=O) groups is 2. The first-order valence-corrected chi connectivity index (χ1v) is 7.88. The van der Waals surface area contributed by atoms with Crippen LogP contribution in [0, 0.1) is 11.8 Å². The van der Waals surface area contributed by atoms with Gasteiger partial charge >= 0.3 is 11.8 Å². The van der Waals surface area contributed by atoms with Crippen molar-refractivity contribution in [3.05, 3.63) is 0 Å². The zero-order chi connectivity index (χ0) is 14.5. The highest BCUT2D eigenvalue weighted by molar-refractivity contribution is 6.34. The molecule has 0 unspecified atom stereocenters. The summed E-state index contributed by atoms with van der Waals surface area (Å²) < 4.78 is 0. The monoisotopic (exact) mass is 281 g/mol. The summed E-state index contributed by atoms with van der Waals surface area (Å²) in [5.74, 6) is 0.752. The van der Waals surface area contributed by atoms with Crippen molar-refractivity contribution in [1.82, 2.24) is 15.1 Å². The van der Waals surface area contributed by atoms with Crippen LogP contribution < -0.4 is 5.32 Å². The Labute approximate surface area is 121 Å². The van der Waals surface area contributed by atoms with Gasteiger partial charge in [0.2, 0.25) is 0 Å². The normalized spacial score (nSPS) is 21.9. The smallest absolute Gasteiger partial charge is 0.312 e. The van der Waals surface area contributed by atoms with Crippen LogP contribution in [0.2, 0.25) is 0 Å². The fraction of sp³-hybridized carbons (Fsp3) is 0.867. The van der Waals surface area contributed by atoms with Gasteiger partial charge in [0.25, 0.3) is 0 Å². The summed E-state index contributed by atoms with van der Waals surface area (Å²) in [7, 11) is 0. The standard InChI is InChI=1S/C15H27N3O2/c1-12(2)13-4-9-18(10-5-13)15(20)14(19)17-8-3-6-16-7-11-17/h12-13,16H,3-11H2,1-2H3. The molecule has 0 aromatic rings. The van der Waals surface area contributed by atoms with Crippen molar-refractivity contribution in [2.24, 2.45) is 11.8 Å². The summed E-state index contributed by atoms with van der Waals surface area (Å²) in [5, 5.41) is 3.25. The topological polar surface area (TPSA) is 52.7 Å². The zero-order valence-corrected chi connectivity index (χ0v) is 12.7. The summed E-state index contributed by atoms with van der Waals surface area (Å²) in [5.41, 5.74) is 0. The van der Waals surface area contributed by atoms with Crippen LogP contribution >= 0.6 is 0 Å². The van der Waals surface area contributed by atoms with Gasteiger partial charge in [0.05, 0.1) is 0 Å². The van der Waals surface area contributed by atoms with Crippen LogP contribution in [0.3, 0.4) is 0 Å². The van der Waals surface area contributed by atoms with Crippen LogP contribution in [0.4, 0.5) is 0 Å². The Bertz CT molecular complexity index is 341. The third kappa shape index (κ3) is 3.72. The van der Waals surface area contributed by atoms with Crippen molar-refractivity contribution < 1.29 is 9.59 Å². The number of nitrogens with one attached hydrogen (secondary N) is 1. The molecule has 2 saturated heterocycles. The molecule has 20 heavy (non-hydrogen) atoms. The van der Waals surface area contributed by atoms with E-state index in [0.717, 1.165) is 45.4 Å². The van der Waals surface area contributed by atoms with E-state index in [4.69, 9.17) is 0 Å². The molecule has 2 aliphatic rings. The number of likely N-dealkylation sites (tertiary alicyclic amines) is 1. The van der Waals surface area contributed by atoms with E-state index in [1.54, 1.807) is 9.80 Å². The van der Waals surface area contributed by atoms with E-state index in [0.29, 0.717) is 24.9 Å². The van der Waals surface area contributed by atoms with Crippen LogP contribution in [-0.4, -0.2) is 60.9 Å². The fourth-order valence-electron chi connectivity index (χ4n) is 3.09. The largest absolute Gasteiger partial charge is 0.334 e. The van der Waals surface area contributed by atoms with Crippen LogP contribution in [0.25, 0.3) is 0 Å². The Hall–Kier alpha value is -1.10. The highest BCUT2D eigenvalue weighted by Crippen LogP contribution is 2.24. The van der Waals surface area contributed by atoms with Crippen LogP contribution in [0.1, 0.15) is 33.1 Å². The van der Waals surface area contributed by atoms with Gasteiger partial charge in [0.1, 0.15) is 0 Å². The quantitative estimate of drug-likeness (QED) is 0.720. The lowest BCUT2D eigenvalue weighted by Gasteiger charge is -2.34. The zero-order valence-electron chi connectivity index (χ0n) is 12.7. The fourth-order valence-corrected chi connectivity index (χ4v) is 3.09. The minimum absolute atomic E-state index is 0.297. The van der Waals surface area contributed by atoms with Gasteiger partial charge in [-0.1, -0.05) is 13.8 Å². The molecule has 2 fully saturated rings. The molecule has 0 aromatic carbocycles. The molecular formula is C15H27N3O2. The highest BCUT2D eigenvalue weighted by atomic mass is 16.2. The van der Waals surface area contributed by atoms with E-state index in [1.807, 2.05) is 0 Å². The van der Waals surface area contributed by atoms with Crippen molar-refractivity contribution in [1.29, 1.82) is 0 Å². The van der Waals surface area contributed by atoms with Crippen LogP contribution in [-0.2, 0) is 9.59 Å². The Morgan fingerprint density at radius 2 is 1.55 bits per heavy atom. The van der Waals surface area contributed by atoms with Crippen molar-refractivity contribution in [3.63, 3.8) is 0 Å². The molecule has 5 heteroatoms. The van der Waals surface area contributed by atoms with Gasteiger partial charge in [-0.3, -0.25) is 9.59 Å². The first-order chi connectivity index (χ1) is 9.59. The maximum absolute atomic E-state index is 12.3. The third-order valence-electron chi connectivity index (χ3n) is 4.58. The van der Waals surface area contributed by atoms with E-state index in [9.17, 15) is 9.59 Å². The number of nitrogens with zero attached hydrogens (tertiary/aromatic N) is 2. The number of carbonyl (C=O) groups excluding carboxylic acids is 2. The molecule has 1 N–H and O–H groups in total. The van der Waals surface area contributed by atoms with Crippen molar-refractivity contribution >= 4 is 11.8 Å². The van der Waals surface area contributed by atoms with E-state index >= 15 is 0 Å². The van der Waals surface area contributed by atoms with Gasteiger partial charge in [0.15, 0.2) is 0 Å². The molecule has 0 spiro atoms. The second-order valence-corrected chi connectivity index (χ2v) is 6.27. The molecule has 2 aliphatic heterocycles. The van der Waals surface area contributed by atoms with E-state index in [1.165, 1.54) is 0 Å². The van der Waals surface area contributed by atoms with E-state index in [2.05, 4.69) is 19.2 Å². The lowest BCUT2D eigenvalue weighted by molar-refractivity contribution is -0.152. The molecular weight excluding hydrogens is 254 g/mol. The number of rotatable bonds is 1. The maximum atomic E-state index is 12.3. The van der Waals surface area contributed by atoms with Crippen molar-refractivity contribution in [2.45, 2.75) is 33.1 Å². The van der Waals surface area contributed by atoms with E-state index in [-0.39, 0.29) is 11.8 Å². The maximum Gasteiger partial charge on any atom is 0.312 e. The van der Waals surface area contributed by atoms with Gasteiger partial charge in [-0.15, -0.1) is 0 Å². The first kappa shape index (κ1) is 15.3. The van der Waals surface area contributed by atoms with E-state index < -0.39 is 0 Å². The number of hydrogen-bond donors (Lipinski definition) is 1. The molecule has 0 aliphatic carbocycles. The van der Waals surface area contributed by atoms with Crippen LogP contribution in [0.5, 0.6) is 0 Å². The number of hydrogen-bond acceptors (Lipinski definition) is 3. The third-order valence-corrected chi connectivity index (χ3v) is 4.58. The summed E-state index contributed by atoms with van der Waals surface area (Å²) in [4.78, 5) is 28.0. The second kappa shape index (κ2) is 7.07. The molecule has 0 bridgehead atoms. The molecule has 0 saturated carbocycles. The van der Waals surface area contributed by atoms with Gasteiger partial charge < -0.3 is 15.1 Å². The summed E-state index contributed by atoms with van der Waals surface area (Å²) in [6, 6.07) is 0. The van der Waals surface area contributed by atoms with Gasteiger partial charge in [-0.05, 0) is 37.6 Å². The van der Waals surface area contributed by atoms with Gasteiger partial charge in [0, 0.05) is 32.7 Å². The van der Waals surface area contributed by atoms with Crippen molar-refractivity contribution in [2.75, 3.05) is 39.3 Å². The number of piperidine rings is 1. The Morgan fingerprint density at radius 1 is 0.950 bits per heavy atom. The molecule has 2 amide bonds. The average molecular weight is 281 g/mol. The second-order valence-electron chi connectivity index (χ2n) is 6.27. The molecule has 114 valence electrons. The summed E-state index contributed by atoms with van der Waals surface area (Å²) in [6.45, 7) is 8.99. The minimum Gasteiger partial charge on any atom is -0.334 e. The first-order valence-electron chi connectivity index (χ1n) is 7.88. The van der Waals surface area contributed by atoms with Gasteiger partial charge in [-0.2, -0.15) is 0 Å². The Morgan fingerprint density at radius 3 is 2.15 bits per heavy atom. The molecule has 2 heterocycles. The highest BCUT2D eigenvalue weighted by Gasteiger charge is 2.30. The number of amides is 2. The summed E-state index contributed by atoms with van der Waals surface area (Å²) in [6.07, 6.45) is 2.98. The lowest BCUT2D eigenvalue weighted by atomic mass is 9.87. The molecule has 0 aromatic heterocycles. The average Bonchev–Trinajstić information content (AvgIpc) is 2.75. The molecule has 0 atom stereocenters. The SMILES string of the molecule is CC(C)C1CCN(C(=O)C(=O)N2CCCNCC2)CC1. The van der Waals surface area contributed by atoms with Crippen molar-refractivity contribution in [3.8, 4) is 0 Å². The summed E-state index contributed by atoms with van der Waals surface area (Å²) >= 11 is 0. The lowest BCUT2D eigenvalue weighted by Crippen LogP contribution is -2.49. The molecule has 2 rings (SSSR count). The molecule has 0 radical (unpaired) electrons. The van der Waals surface area contributed by atoms with Crippen LogP contribution in [0.15, 0.2) is 0 Å². The predicted molar refractivity (Wildman–Crippen MR) is 78.2 cm³/mol. The Kier molecular flexibility index (Phi) is 5.40. The minimum atomic E-state index is -0.309. The Balaban J connectivity index is 1.86. The predicted octanol–water partition coefficient (Wildman–Crippen LogP) is 0.703. The molecule has 5 nitrogen and oxygen atoms in total.